The summed E-state index contributed by atoms with van der Waals surface area (Å²) in [5, 5.41) is 0. The lowest BCUT2D eigenvalue weighted by Crippen LogP contribution is -2.48. The Morgan fingerprint density at radius 1 is 1.22 bits per heavy atom. The SMILES string of the molecule is CN(CC(F)(F)F)C(=O)CN1CCC(NS(=O)(=O)c2ccc(F)cc2)CC1. The first-order valence-corrected chi connectivity index (χ1v) is 9.75. The number of carbonyl (C=O) groups is 1. The van der Waals surface area contributed by atoms with Crippen LogP contribution in [0.3, 0.4) is 0 Å². The molecular formula is C16H21F4N3O3S. The fraction of sp³-hybridized carbons (Fsp3) is 0.562. The molecule has 0 bridgehead atoms. The summed E-state index contributed by atoms with van der Waals surface area (Å²) in [5.41, 5.74) is 0. The molecule has 0 aromatic heterocycles. The summed E-state index contributed by atoms with van der Waals surface area (Å²) < 4.78 is 77.0. The average Bonchev–Trinajstić information content (AvgIpc) is 2.55. The van der Waals surface area contributed by atoms with E-state index >= 15 is 0 Å². The number of rotatable bonds is 6. The summed E-state index contributed by atoms with van der Waals surface area (Å²) in [5.74, 6) is -1.18. The second-order valence-corrected chi connectivity index (χ2v) is 8.20. The highest BCUT2D eigenvalue weighted by Gasteiger charge is 2.32. The van der Waals surface area contributed by atoms with Crippen LogP contribution in [0.25, 0.3) is 0 Å². The molecule has 1 aliphatic rings. The first-order chi connectivity index (χ1) is 12.5. The van der Waals surface area contributed by atoms with Crippen molar-refractivity contribution in [3.8, 4) is 0 Å². The lowest BCUT2D eigenvalue weighted by Gasteiger charge is -2.32. The Kier molecular flexibility index (Phi) is 6.82. The second-order valence-electron chi connectivity index (χ2n) is 6.49. The number of benzene rings is 1. The highest BCUT2D eigenvalue weighted by molar-refractivity contribution is 7.89. The number of amides is 1. The van der Waals surface area contributed by atoms with E-state index in [0.29, 0.717) is 30.8 Å². The number of carbonyl (C=O) groups excluding carboxylic acids is 1. The number of nitrogens with zero attached hydrogens (tertiary/aromatic N) is 2. The maximum absolute atomic E-state index is 12.9. The van der Waals surface area contributed by atoms with Gasteiger partial charge in [-0.15, -0.1) is 0 Å². The summed E-state index contributed by atoms with van der Waals surface area (Å²) in [6, 6.07) is 4.09. The molecular weight excluding hydrogens is 390 g/mol. The van der Waals surface area contributed by atoms with Crippen molar-refractivity contribution in [1.29, 1.82) is 0 Å². The third kappa shape index (κ3) is 6.74. The highest BCUT2D eigenvalue weighted by Crippen LogP contribution is 2.17. The molecule has 6 nitrogen and oxygen atoms in total. The van der Waals surface area contributed by atoms with Crippen LogP contribution in [0.1, 0.15) is 12.8 Å². The summed E-state index contributed by atoms with van der Waals surface area (Å²) in [4.78, 5) is 14.1. The number of alkyl halides is 3. The Hall–Kier alpha value is -1.72. The fourth-order valence-electron chi connectivity index (χ4n) is 2.78. The zero-order valence-electron chi connectivity index (χ0n) is 14.7. The van der Waals surface area contributed by atoms with E-state index in [1.54, 1.807) is 4.90 Å². The van der Waals surface area contributed by atoms with E-state index in [9.17, 15) is 30.8 Å². The number of hydrogen-bond donors (Lipinski definition) is 1. The standard InChI is InChI=1S/C16H21F4N3O3S/c1-22(11-16(18,19)20)15(24)10-23-8-6-13(7-9-23)21-27(25,26)14-4-2-12(17)3-5-14/h2-5,13,21H,6-11H2,1H3. The monoisotopic (exact) mass is 411 g/mol. The van der Waals surface area contributed by atoms with Crippen LogP contribution >= 0.6 is 0 Å². The van der Waals surface area contributed by atoms with Gasteiger partial charge in [-0.05, 0) is 37.1 Å². The van der Waals surface area contributed by atoms with Gasteiger partial charge in [0, 0.05) is 26.2 Å². The van der Waals surface area contributed by atoms with Gasteiger partial charge < -0.3 is 4.90 Å². The van der Waals surface area contributed by atoms with Crippen LogP contribution in [0.5, 0.6) is 0 Å². The molecule has 1 amide bonds. The molecule has 152 valence electrons. The normalized spacial score (nSPS) is 17.1. The van der Waals surface area contributed by atoms with Crippen LogP contribution in [0, 0.1) is 5.82 Å². The van der Waals surface area contributed by atoms with E-state index in [1.165, 1.54) is 12.1 Å². The second kappa shape index (κ2) is 8.53. The number of piperidine rings is 1. The molecule has 0 spiro atoms. The number of likely N-dealkylation sites (N-methyl/N-ethyl adjacent to an activating group) is 1. The largest absolute Gasteiger partial charge is 0.406 e. The number of hydrogen-bond acceptors (Lipinski definition) is 4. The van der Waals surface area contributed by atoms with E-state index < -0.39 is 34.5 Å². The quantitative estimate of drug-likeness (QED) is 0.722. The molecule has 1 saturated heterocycles. The number of likely N-dealkylation sites (tertiary alicyclic amines) is 1. The van der Waals surface area contributed by atoms with Crippen LogP contribution in [0.15, 0.2) is 29.2 Å². The van der Waals surface area contributed by atoms with Gasteiger partial charge in [0.1, 0.15) is 12.4 Å². The molecule has 27 heavy (non-hydrogen) atoms. The molecule has 1 aromatic rings. The predicted octanol–water partition coefficient (Wildman–Crippen LogP) is 1.59. The average molecular weight is 411 g/mol. The smallest absolute Gasteiger partial charge is 0.336 e. The lowest BCUT2D eigenvalue weighted by atomic mass is 10.1. The van der Waals surface area contributed by atoms with Crippen LogP contribution < -0.4 is 4.72 Å². The van der Waals surface area contributed by atoms with Crippen molar-refractivity contribution in [2.45, 2.75) is 30.0 Å². The first-order valence-electron chi connectivity index (χ1n) is 8.27. The molecule has 1 aliphatic heterocycles. The fourth-order valence-corrected chi connectivity index (χ4v) is 4.08. The van der Waals surface area contributed by atoms with Gasteiger partial charge >= 0.3 is 6.18 Å². The number of nitrogens with one attached hydrogen (secondary N) is 1. The Morgan fingerprint density at radius 2 is 1.78 bits per heavy atom. The van der Waals surface area contributed by atoms with E-state index in [1.807, 2.05) is 0 Å². The van der Waals surface area contributed by atoms with E-state index in [0.717, 1.165) is 19.2 Å². The number of halogens is 4. The summed E-state index contributed by atoms with van der Waals surface area (Å²) in [6.45, 7) is -0.700. The molecule has 1 aromatic carbocycles. The van der Waals surface area contributed by atoms with Crippen molar-refractivity contribution in [1.82, 2.24) is 14.5 Å². The minimum absolute atomic E-state index is 0.0460. The molecule has 11 heteroatoms. The van der Waals surface area contributed by atoms with Crippen LogP contribution in [-0.2, 0) is 14.8 Å². The lowest BCUT2D eigenvalue weighted by molar-refractivity contribution is -0.159. The van der Waals surface area contributed by atoms with Gasteiger partial charge in [0.15, 0.2) is 0 Å². The van der Waals surface area contributed by atoms with Crippen molar-refractivity contribution in [3.05, 3.63) is 30.1 Å². The molecule has 1 N–H and O–H groups in total. The maximum atomic E-state index is 12.9. The Morgan fingerprint density at radius 3 is 2.30 bits per heavy atom. The van der Waals surface area contributed by atoms with E-state index in [4.69, 9.17) is 0 Å². The van der Waals surface area contributed by atoms with Crippen LogP contribution in [-0.4, -0.2) is 69.6 Å². The Bertz CT molecular complexity index is 745. The van der Waals surface area contributed by atoms with Gasteiger partial charge in [0.2, 0.25) is 15.9 Å². The molecule has 0 saturated carbocycles. The summed E-state index contributed by atoms with van der Waals surface area (Å²) in [7, 11) is -2.69. The van der Waals surface area contributed by atoms with Gasteiger partial charge in [-0.3, -0.25) is 9.69 Å². The molecule has 0 radical (unpaired) electrons. The molecule has 1 fully saturated rings. The third-order valence-electron chi connectivity index (χ3n) is 4.23. The van der Waals surface area contributed by atoms with E-state index in [-0.39, 0.29) is 17.5 Å². The zero-order valence-corrected chi connectivity index (χ0v) is 15.5. The summed E-state index contributed by atoms with van der Waals surface area (Å²) in [6.07, 6.45) is -3.62. The van der Waals surface area contributed by atoms with Crippen molar-refractivity contribution in [3.63, 3.8) is 0 Å². The molecule has 0 aliphatic carbocycles. The molecule has 0 atom stereocenters. The van der Waals surface area contributed by atoms with Crippen molar-refractivity contribution in [2.75, 3.05) is 33.2 Å². The molecule has 1 heterocycles. The van der Waals surface area contributed by atoms with Crippen LogP contribution in [0.4, 0.5) is 17.6 Å². The van der Waals surface area contributed by atoms with Crippen molar-refractivity contribution >= 4 is 15.9 Å². The maximum Gasteiger partial charge on any atom is 0.406 e. The first kappa shape index (κ1) is 21.6. The van der Waals surface area contributed by atoms with Gasteiger partial charge in [0.25, 0.3) is 0 Å². The zero-order chi connectivity index (χ0) is 20.2. The van der Waals surface area contributed by atoms with Crippen molar-refractivity contribution < 1.29 is 30.8 Å². The van der Waals surface area contributed by atoms with Gasteiger partial charge in [-0.2, -0.15) is 13.2 Å². The van der Waals surface area contributed by atoms with Gasteiger partial charge in [-0.1, -0.05) is 0 Å². The van der Waals surface area contributed by atoms with Crippen molar-refractivity contribution in [2.24, 2.45) is 0 Å². The third-order valence-corrected chi connectivity index (χ3v) is 5.77. The highest BCUT2D eigenvalue weighted by atomic mass is 32.2. The predicted molar refractivity (Wildman–Crippen MR) is 89.9 cm³/mol. The Labute approximate surface area is 155 Å². The number of sulfonamides is 1. The Balaban J connectivity index is 1.83. The van der Waals surface area contributed by atoms with Gasteiger partial charge in [-0.25, -0.2) is 17.5 Å². The van der Waals surface area contributed by atoms with E-state index in [2.05, 4.69) is 4.72 Å². The minimum atomic E-state index is -4.45. The summed E-state index contributed by atoms with van der Waals surface area (Å²) >= 11 is 0. The topological polar surface area (TPSA) is 69.7 Å². The van der Waals surface area contributed by atoms with Gasteiger partial charge in [0.05, 0.1) is 11.4 Å². The molecule has 2 rings (SSSR count). The molecule has 0 unspecified atom stereocenters. The minimum Gasteiger partial charge on any atom is -0.336 e. The van der Waals surface area contributed by atoms with Crippen LogP contribution in [0.2, 0.25) is 0 Å².